The Bertz CT molecular complexity index is 1310. The first-order valence-corrected chi connectivity index (χ1v) is 14.3. The van der Waals surface area contributed by atoms with Gasteiger partial charge in [-0.25, -0.2) is 9.18 Å². The van der Waals surface area contributed by atoms with Crippen LogP contribution in [0.3, 0.4) is 0 Å². The van der Waals surface area contributed by atoms with Crippen LogP contribution in [0.4, 0.5) is 22.4 Å². The monoisotopic (exact) mass is 593 g/mol. The minimum atomic E-state index is -4.53. The number of hydrogen-bond acceptors (Lipinski definition) is 4. The molecule has 2 N–H and O–H groups in total. The number of halogens is 4. The number of benzene rings is 2. The largest absolute Gasteiger partial charge is 0.416 e. The molecular weight excluding hydrogens is 554 g/mol. The fourth-order valence-corrected chi connectivity index (χ4v) is 6.62. The van der Waals surface area contributed by atoms with E-state index in [1.807, 2.05) is 0 Å². The van der Waals surface area contributed by atoms with Gasteiger partial charge in [0.05, 0.1) is 29.1 Å². The lowest BCUT2D eigenvalue weighted by Gasteiger charge is -2.47. The molecule has 3 amide bonds. The number of aryl methyl sites for hydroxylation is 2. The van der Waals surface area contributed by atoms with Gasteiger partial charge in [0.25, 0.3) is 0 Å². The molecule has 3 atom stereocenters. The highest BCUT2D eigenvalue weighted by molar-refractivity contribution is 5.86. The van der Waals surface area contributed by atoms with E-state index in [0.29, 0.717) is 28.7 Å². The molecule has 0 saturated carbocycles. The van der Waals surface area contributed by atoms with Crippen LogP contribution in [0.15, 0.2) is 36.4 Å². The molecule has 2 saturated heterocycles. The topological polar surface area (TPSA) is 84.3 Å². The number of aliphatic hydroxyl groups excluding tert-OH is 2. The molecule has 0 aromatic heterocycles. The average Bonchev–Trinajstić information content (AvgIpc) is 3.22. The van der Waals surface area contributed by atoms with Crippen LogP contribution in [0.1, 0.15) is 73.0 Å². The number of aliphatic hydroxyl groups is 2. The van der Waals surface area contributed by atoms with Crippen LogP contribution >= 0.6 is 0 Å². The molecule has 2 heterocycles. The molecular formula is C31H39F4N3O4. The normalized spacial score (nSPS) is 21.0. The van der Waals surface area contributed by atoms with Crippen molar-refractivity contribution in [1.29, 1.82) is 0 Å². The lowest BCUT2D eigenvalue weighted by molar-refractivity contribution is -0.140. The predicted molar refractivity (Wildman–Crippen MR) is 149 cm³/mol. The lowest BCUT2D eigenvalue weighted by Crippen LogP contribution is -2.57. The van der Waals surface area contributed by atoms with Gasteiger partial charge >= 0.3 is 12.2 Å². The highest BCUT2D eigenvalue weighted by Gasteiger charge is 2.56. The summed E-state index contributed by atoms with van der Waals surface area (Å²) in [4.78, 5) is 32.6. The second-order valence-corrected chi connectivity index (χ2v) is 11.5. The number of carbonyl (C=O) groups is 2. The molecule has 0 bridgehead atoms. The van der Waals surface area contributed by atoms with Gasteiger partial charge in [0.2, 0.25) is 5.91 Å². The summed E-state index contributed by atoms with van der Waals surface area (Å²) in [6, 6.07) is 5.83. The third-order valence-electron chi connectivity index (χ3n) is 9.09. The number of rotatable bonds is 8. The minimum absolute atomic E-state index is 0.150. The molecule has 2 aromatic rings. The van der Waals surface area contributed by atoms with Gasteiger partial charge in [-0.3, -0.25) is 4.79 Å². The zero-order chi connectivity index (χ0) is 31.0. The Morgan fingerprint density at radius 2 is 1.79 bits per heavy atom. The number of nitrogens with zero attached hydrogens (tertiary/aromatic N) is 3. The van der Waals surface area contributed by atoms with Gasteiger partial charge in [-0.2, -0.15) is 13.2 Å². The van der Waals surface area contributed by atoms with E-state index in [-0.39, 0.29) is 51.5 Å². The number of alkyl halides is 3. The van der Waals surface area contributed by atoms with Gasteiger partial charge in [0.1, 0.15) is 5.82 Å². The van der Waals surface area contributed by atoms with Gasteiger partial charge in [-0.05, 0) is 86.1 Å². The Morgan fingerprint density at radius 3 is 2.36 bits per heavy atom. The number of urea groups is 1. The molecule has 2 aliphatic rings. The van der Waals surface area contributed by atoms with E-state index in [0.717, 1.165) is 12.1 Å². The summed E-state index contributed by atoms with van der Waals surface area (Å²) in [5, 5.41) is 19.6. The molecule has 4 rings (SSSR count). The summed E-state index contributed by atoms with van der Waals surface area (Å²) >= 11 is 0. The van der Waals surface area contributed by atoms with E-state index in [2.05, 4.69) is 0 Å². The summed E-state index contributed by atoms with van der Waals surface area (Å²) in [5.74, 6) is -0.633. The van der Waals surface area contributed by atoms with Crippen molar-refractivity contribution >= 4 is 11.9 Å². The fourth-order valence-electron chi connectivity index (χ4n) is 6.62. The second-order valence-electron chi connectivity index (χ2n) is 11.5. The molecule has 0 aliphatic carbocycles. The summed E-state index contributed by atoms with van der Waals surface area (Å²) < 4.78 is 55.1. The van der Waals surface area contributed by atoms with Crippen molar-refractivity contribution in [3.63, 3.8) is 0 Å². The molecule has 2 aromatic carbocycles. The van der Waals surface area contributed by atoms with Gasteiger partial charge in [-0.1, -0.05) is 19.1 Å². The fraction of sp³-hybridized carbons (Fsp3) is 0.548. The Labute approximate surface area is 243 Å². The standard InChI is InChI=1S/C31H39F4N3O4/c1-5-21-15-22(17-23(16-21)31(33,34)35)20(3)36(4)29(42)38-11-10-37-26(18-30(8-12-39,9-13-40)28(37)41)27(38)25-7-6-24(32)14-19(25)2/h6-7,14-17,20,26-27,39-40H,5,8-13,18H2,1-4H3/t20-,26+,27+/m1/s1. The van der Waals surface area contributed by atoms with Crippen molar-refractivity contribution in [2.24, 2.45) is 5.41 Å². The third kappa shape index (κ3) is 5.86. The summed E-state index contributed by atoms with van der Waals surface area (Å²) in [6.07, 6.45) is -3.53. The van der Waals surface area contributed by atoms with Gasteiger partial charge in [0, 0.05) is 33.4 Å². The van der Waals surface area contributed by atoms with Crippen LogP contribution in [0, 0.1) is 18.2 Å². The van der Waals surface area contributed by atoms with E-state index >= 15 is 0 Å². The van der Waals surface area contributed by atoms with Crippen molar-refractivity contribution in [2.75, 3.05) is 33.4 Å². The maximum absolute atomic E-state index is 14.2. The zero-order valence-electron chi connectivity index (χ0n) is 24.4. The molecule has 0 spiro atoms. The smallest absolute Gasteiger partial charge is 0.396 e. The second kappa shape index (κ2) is 12.2. The average molecular weight is 594 g/mol. The van der Waals surface area contributed by atoms with E-state index in [1.165, 1.54) is 17.0 Å². The summed E-state index contributed by atoms with van der Waals surface area (Å²) in [7, 11) is 1.54. The van der Waals surface area contributed by atoms with Gasteiger partial charge in [-0.15, -0.1) is 0 Å². The first-order chi connectivity index (χ1) is 19.8. The molecule has 0 radical (unpaired) electrons. The highest BCUT2D eigenvalue weighted by Crippen LogP contribution is 2.49. The quantitative estimate of drug-likeness (QED) is 0.411. The van der Waals surface area contributed by atoms with Crippen molar-refractivity contribution in [1.82, 2.24) is 14.7 Å². The highest BCUT2D eigenvalue weighted by atomic mass is 19.4. The zero-order valence-corrected chi connectivity index (χ0v) is 24.4. The third-order valence-corrected chi connectivity index (χ3v) is 9.09. The van der Waals surface area contributed by atoms with Crippen molar-refractivity contribution in [2.45, 2.75) is 70.8 Å². The van der Waals surface area contributed by atoms with Crippen LogP contribution in [0.25, 0.3) is 0 Å². The summed E-state index contributed by atoms with van der Waals surface area (Å²) in [6.45, 7) is 5.05. The lowest BCUT2D eigenvalue weighted by atomic mass is 9.77. The molecule has 7 nitrogen and oxygen atoms in total. The Balaban J connectivity index is 1.74. The number of piperazine rings is 1. The Kier molecular flexibility index (Phi) is 9.22. The number of amides is 3. The van der Waals surface area contributed by atoms with Crippen molar-refractivity contribution in [3.05, 3.63) is 70.0 Å². The number of fused-ring (bicyclic) bond motifs is 1. The Hall–Kier alpha value is -3.18. The molecule has 0 unspecified atom stereocenters. The minimum Gasteiger partial charge on any atom is -0.396 e. The van der Waals surface area contributed by atoms with Crippen LogP contribution in [0.2, 0.25) is 0 Å². The van der Waals surface area contributed by atoms with E-state index in [1.54, 1.807) is 49.8 Å². The first-order valence-electron chi connectivity index (χ1n) is 14.3. The number of carbonyl (C=O) groups excluding carboxylic acids is 2. The summed E-state index contributed by atoms with van der Waals surface area (Å²) in [5.41, 5.74) is 0.347. The molecule has 2 aliphatic heterocycles. The van der Waals surface area contributed by atoms with E-state index in [9.17, 15) is 37.4 Å². The predicted octanol–water partition coefficient (Wildman–Crippen LogP) is 5.24. The van der Waals surface area contributed by atoms with Crippen LogP contribution in [-0.2, 0) is 17.4 Å². The SMILES string of the molecule is CCc1cc([C@@H](C)N(C)C(=O)N2CCN3C(=O)C(CCO)(CCO)C[C@H]3[C@@H]2c2ccc(F)cc2C)cc(C(F)(F)F)c1. The van der Waals surface area contributed by atoms with Crippen LogP contribution in [0.5, 0.6) is 0 Å². The number of hydrogen-bond donors (Lipinski definition) is 2. The molecule has 2 fully saturated rings. The molecule has 11 heteroatoms. The van der Waals surface area contributed by atoms with E-state index < -0.39 is 47.1 Å². The van der Waals surface area contributed by atoms with Gasteiger partial charge in [0.15, 0.2) is 0 Å². The first kappa shape index (κ1) is 31.7. The van der Waals surface area contributed by atoms with Crippen LogP contribution < -0.4 is 0 Å². The van der Waals surface area contributed by atoms with E-state index in [4.69, 9.17) is 0 Å². The van der Waals surface area contributed by atoms with Crippen molar-refractivity contribution < 1.29 is 37.4 Å². The van der Waals surface area contributed by atoms with Crippen LogP contribution in [-0.4, -0.2) is 76.2 Å². The van der Waals surface area contributed by atoms with Crippen molar-refractivity contribution in [3.8, 4) is 0 Å². The Morgan fingerprint density at radius 1 is 1.12 bits per heavy atom. The maximum atomic E-state index is 14.2. The van der Waals surface area contributed by atoms with Gasteiger partial charge < -0.3 is 24.9 Å². The maximum Gasteiger partial charge on any atom is 0.416 e. The molecule has 42 heavy (non-hydrogen) atoms. The molecule has 230 valence electrons.